The van der Waals surface area contributed by atoms with E-state index in [4.69, 9.17) is 4.74 Å². The minimum atomic E-state index is -0.359. The number of hydrogen-bond acceptors (Lipinski definition) is 3. The lowest BCUT2D eigenvalue weighted by Crippen LogP contribution is -2.43. The molecule has 1 saturated heterocycles. The maximum absolute atomic E-state index is 12.4. The number of carbonyl (C=O) groups excluding carboxylic acids is 1. The maximum Gasteiger partial charge on any atom is 0.241 e. The fourth-order valence-electron chi connectivity index (χ4n) is 2.57. The normalized spacial score (nSPS) is 23.4. The van der Waals surface area contributed by atoms with Crippen LogP contribution in [0.2, 0.25) is 0 Å². The summed E-state index contributed by atoms with van der Waals surface area (Å²) in [5.41, 5.74) is 1.98. The van der Waals surface area contributed by atoms with Crippen molar-refractivity contribution in [1.29, 1.82) is 0 Å². The Morgan fingerprint density at radius 3 is 2.60 bits per heavy atom. The third-order valence-corrected chi connectivity index (χ3v) is 3.96. The molecule has 2 rings (SSSR count). The number of nitrogens with one attached hydrogen (secondary N) is 1. The van der Waals surface area contributed by atoms with Crippen molar-refractivity contribution in [2.75, 3.05) is 13.7 Å². The first-order chi connectivity index (χ1) is 9.35. The van der Waals surface area contributed by atoms with Crippen LogP contribution in [0.25, 0.3) is 0 Å². The first-order valence-electron chi connectivity index (χ1n) is 7.03. The molecule has 1 heterocycles. The van der Waals surface area contributed by atoms with Crippen LogP contribution in [0.5, 0.6) is 0 Å². The Bertz CT molecular complexity index is 499. The Balaban J connectivity index is 2.31. The summed E-state index contributed by atoms with van der Waals surface area (Å²) in [6, 6.07) is 8.02. The predicted octanol–water partition coefficient (Wildman–Crippen LogP) is 2.24. The van der Waals surface area contributed by atoms with E-state index in [-0.39, 0.29) is 23.7 Å². The third-order valence-electron chi connectivity index (χ3n) is 3.96. The molecule has 1 aliphatic heterocycles. The van der Waals surface area contributed by atoms with E-state index in [1.807, 2.05) is 37.8 Å². The molecule has 1 N–H and O–H groups in total. The van der Waals surface area contributed by atoms with E-state index in [0.717, 1.165) is 5.56 Å². The standard InChI is InChI=1S/C16H24N2O2/c1-11-8-6-7-9-13(11)14-17-12(2)15(19)18(14)10-16(3,4)20-5/h6-9,12,14,17H,10H2,1-5H3. The summed E-state index contributed by atoms with van der Waals surface area (Å²) in [6.07, 6.45) is -0.0758. The Kier molecular flexibility index (Phi) is 4.16. The van der Waals surface area contributed by atoms with Gasteiger partial charge in [0, 0.05) is 7.11 Å². The number of ether oxygens (including phenoxy) is 1. The van der Waals surface area contributed by atoms with Gasteiger partial charge in [0.15, 0.2) is 0 Å². The van der Waals surface area contributed by atoms with Gasteiger partial charge in [-0.1, -0.05) is 24.3 Å². The van der Waals surface area contributed by atoms with Crippen molar-refractivity contribution >= 4 is 5.91 Å². The van der Waals surface area contributed by atoms with E-state index < -0.39 is 0 Å². The number of aryl methyl sites for hydroxylation is 1. The van der Waals surface area contributed by atoms with Gasteiger partial charge in [0.25, 0.3) is 0 Å². The van der Waals surface area contributed by atoms with Crippen LogP contribution in [-0.2, 0) is 9.53 Å². The summed E-state index contributed by atoms with van der Waals surface area (Å²) in [5, 5.41) is 3.38. The second-order valence-corrected chi connectivity index (χ2v) is 6.08. The van der Waals surface area contributed by atoms with E-state index in [1.54, 1.807) is 7.11 Å². The van der Waals surface area contributed by atoms with E-state index in [9.17, 15) is 4.79 Å². The highest BCUT2D eigenvalue weighted by atomic mass is 16.5. The molecule has 4 nitrogen and oxygen atoms in total. The lowest BCUT2D eigenvalue weighted by atomic mass is 10.0. The zero-order chi connectivity index (χ0) is 14.9. The van der Waals surface area contributed by atoms with Gasteiger partial charge >= 0.3 is 0 Å². The summed E-state index contributed by atoms with van der Waals surface area (Å²) in [6.45, 7) is 8.55. The number of nitrogens with zero attached hydrogens (tertiary/aromatic N) is 1. The molecule has 0 aromatic heterocycles. The molecule has 1 aromatic carbocycles. The second-order valence-electron chi connectivity index (χ2n) is 6.08. The first kappa shape index (κ1) is 15.0. The van der Waals surface area contributed by atoms with Crippen LogP contribution in [0.1, 0.15) is 38.1 Å². The molecule has 20 heavy (non-hydrogen) atoms. The molecule has 2 unspecified atom stereocenters. The number of methoxy groups -OCH3 is 1. The summed E-state index contributed by atoms with van der Waals surface area (Å²) < 4.78 is 5.48. The molecule has 0 spiro atoms. The minimum absolute atomic E-state index is 0.0758. The van der Waals surface area contributed by atoms with Crippen molar-refractivity contribution in [2.45, 2.75) is 45.5 Å². The molecule has 1 aliphatic rings. The van der Waals surface area contributed by atoms with Crippen molar-refractivity contribution in [3.63, 3.8) is 0 Å². The molecule has 1 amide bonds. The average molecular weight is 276 g/mol. The quantitative estimate of drug-likeness (QED) is 0.917. The van der Waals surface area contributed by atoms with E-state index in [2.05, 4.69) is 24.4 Å². The van der Waals surface area contributed by atoms with E-state index in [1.165, 1.54) is 5.56 Å². The van der Waals surface area contributed by atoms with Crippen molar-refractivity contribution in [3.8, 4) is 0 Å². The molecule has 110 valence electrons. The van der Waals surface area contributed by atoms with Crippen LogP contribution >= 0.6 is 0 Å². The Morgan fingerprint density at radius 1 is 1.35 bits per heavy atom. The van der Waals surface area contributed by atoms with E-state index >= 15 is 0 Å². The Hall–Kier alpha value is -1.39. The molecule has 0 saturated carbocycles. The van der Waals surface area contributed by atoms with Crippen LogP contribution in [0.3, 0.4) is 0 Å². The fourth-order valence-corrected chi connectivity index (χ4v) is 2.57. The van der Waals surface area contributed by atoms with Crippen LogP contribution < -0.4 is 5.32 Å². The van der Waals surface area contributed by atoms with Gasteiger partial charge in [-0.05, 0) is 38.8 Å². The van der Waals surface area contributed by atoms with Gasteiger partial charge in [0.1, 0.15) is 6.17 Å². The van der Waals surface area contributed by atoms with Gasteiger partial charge < -0.3 is 9.64 Å². The summed E-state index contributed by atoms with van der Waals surface area (Å²) in [5.74, 6) is 0.128. The number of carbonyl (C=O) groups is 1. The lowest BCUT2D eigenvalue weighted by molar-refractivity contribution is -0.133. The summed E-state index contributed by atoms with van der Waals surface area (Å²) in [4.78, 5) is 14.3. The molecule has 0 bridgehead atoms. The number of amides is 1. The van der Waals surface area contributed by atoms with Gasteiger partial charge in [0.05, 0.1) is 18.2 Å². The minimum Gasteiger partial charge on any atom is -0.377 e. The average Bonchev–Trinajstić information content (AvgIpc) is 2.67. The smallest absolute Gasteiger partial charge is 0.241 e. The second kappa shape index (κ2) is 5.54. The molecule has 4 heteroatoms. The third kappa shape index (κ3) is 2.86. The van der Waals surface area contributed by atoms with Gasteiger partial charge in [-0.25, -0.2) is 0 Å². The zero-order valence-corrected chi connectivity index (χ0v) is 12.9. The maximum atomic E-state index is 12.4. The van der Waals surface area contributed by atoms with Crippen molar-refractivity contribution in [2.24, 2.45) is 0 Å². The molecule has 0 aliphatic carbocycles. The summed E-state index contributed by atoms with van der Waals surface area (Å²) in [7, 11) is 1.68. The predicted molar refractivity (Wildman–Crippen MR) is 79.3 cm³/mol. The number of benzene rings is 1. The molecule has 1 fully saturated rings. The van der Waals surface area contributed by atoms with Gasteiger partial charge in [-0.15, -0.1) is 0 Å². The van der Waals surface area contributed by atoms with E-state index in [0.29, 0.717) is 6.54 Å². The Morgan fingerprint density at radius 2 is 2.00 bits per heavy atom. The number of rotatable bonds is 4. The largest absolute Gasteiger partial charge is 0.377 e. The highest BCUT2D eigenvalue weighted by Crippen LogP contribution is 2.29. The fraction of sp³-hybridized carbons (Fsp3) is 0.562. The van der Waals surface area contributed by atoms with Gasteiger partial charge in [-0.3, -0.25) is 10.1 Å². The van der Waals surface area contributed by atoms with Gasteiger partial charge in [-0.2, -0.15) is 0 Å². The monoisotopic (exact) mass is 276 g/mol. The molecule has 1 aromatic rings. The molecule has 2 atom stereocenters. The van der Waals surface area contributed by atoms with Crippen LogP contribution in [0.15, 0.2) is 24.3 Å². The SMILES string of the molecule is COC(C)(C)CN1C(=O)C(C)NC1c1ccccc1C. The zero-order valence-electron chi connectivity index (χ0n) is 12.9. The van der Waals surface area contributed by atoms with Crippen molar-refractivity contribution in [1.82, 2.24) is 10.2 Å². The highest BCUT2D eigenvalue weighted by Gasteiger charge is 2.40. The van der Waals surface area contributed by atoms with Gasteiger partial charge in [0.2, 0.25) is 5.91 Å². The first-order valence-corrected chi connectivity index (χ1v) is 7.03. The van der Waals surface area contributed by atoms with Crippen molar-refractivity contribution in [3.05, 3.63) is 35.4 Å². The molecular weight excluding hydrogens is 252 g/mol. The molecular formula is C16H24N2O2. The summed E-state index contributed by atoms with van der Waals surface area (Å²) >= 11 is 0. The van der Waals surface area contributed by atoms with Crippen LogP contribution in [0.4, 0.5) is 0 Å². The van der Waals surface area contributed by atoms with Crippen LogP contribution in [-0.4, -0.2) is 36.1 Å². The topological polar surface area (TPSA) is 41.6 Å². The lowest BCUT2D eigenvalue weighted by Gasteiger charge is -2.33. The Labute approximate surface area is 121 Å². The van der Waals surface area contributed by atoms with Crippen LogP contribution in [0, 0.1) is 6.92 Å². The highest BCUT2D eigenvalue weighted by molar-refractivity contribution is 5.84. The molecule has 0 radical (unpaired) electrons. The van der Waals surface area contributed by atoms with Crippen molar-refractivity contribution < 1.29 is 9.53 Å². The number of hydrogen-bond donors (Lipinski definition) is 1.